The molecule has 0 unspecified atom stereocenters. The number of hydrogen-bond donors (Lipinski definition) is 0. The SMILES string of the molecule is C=N/C=C\C=C(/C)c1cc(C(F)(F)F)cc(C(/C=C\C)=C/C)c1OC. The van der Waals surface area contributed by atoms with Crippen LogP contribution in [-0.4, -0.2) is 13.8 Å². The zero-order valence-corrected chi connectivity index (χ0v) is 14.8. The Morgan fingerprint density at radius 3 is 2.32 bits per heavy atom. The minimum absolute atomic E-state index is 0.380. The zero-order valence-electron chi connectivity index (χ0n) is 14.8. The highest BCUT2D eigenvalue weighted by Crippen LogP contribution is 2.40. The van der Waals surface area contributed by atoms with Crippen LogP contribution < -0.4 is 4.74 Å². The third kappa shape index (κ3) is 5.21. The lowest BCUT2D eigenvalue weighted by Crippen LogP contribution is -2.08. The van der Waals surface area contributed by atoms with Crippen molar-refractivity contribution < 1.29 is 17.9 Å². The molecule has 0 aromatic heterocycles. The van der Waals surface area contributed by atoms with Crippen LogP contribution in [0.25, 0.3) is 11.1 Å². The average Bonchev–Trinajstić information content (AvgIpc) is 2.57. The monoisotopic (exact) mass is 349 g/mol. The summed E-state index contributed by atoms with van der Waals surface area (Å²) in [5.41, 5.74) is 1.33. The molecule has 25 heavy (non-hydrogen) atoms. The normalized spacial score (nSPS) is 13.7. The molecule has 0 N–H and O–H groups in total. The number of methoxy groups -OCH3 is 1. The highest BCUT2D eigenvalue weighted by Gasteiger charge is 2.33. The van der Waals surface area contributed by atoms with E-state index in [0.717, 1.165) is 12.1 Å². The van der Waals surface area contributed by atoms with Crippen molar-refractivity contribution in [1.29, 1.82) is 0 Å². The summed E-state index contributed by atoms with van der Waals surface area (Å²) >= 11 is 0. The fourth-order valence-electron chi connectivity index (χ4n) is 2.38. The summed E-state index contributed by atoms with van der Waals surface area (Å²) in [5, 5.41) is 0. The van der Waals surface area contributed by atoms with Crippen LogP contribution in [0.4, 0.5) is 13.2 Å². The maximum Gasteiger partial charge on any atom is 0.416 e. The third-order valence-electron chi connectivity index (χ3n) is 3.55. The maximum atomic E-state index is 13.4. The molecule has 0 saturated heterocycles. The van der Waals surface area contributed by atoms with Gasteiger partial charge in [-0.2, -0.15) is 13.2 Å². The minimum Gasteiger partial charge on any atom is -0.495 e. The van der Waals surface area contributed by atoms with Gasteiger partial charge < -0.3 is 4.74 Å². The number of alkyl halides is 3. The van der Waals surface area contributed by atoms with Crippen molar-refractivity contribution in [2.75, 3.05) is 7.11 Å². The Morgan fingerprint density at radius 2 is 1.84 bits per heavy atom. The quantitative estimate of drug-likeness (QED) is 0.435. The molecule has 134 valence electrons. The van der Waals surface area contributed by atoms with Gasteiger partial charge in [0.15, 0.2) is 0 Å². The van der Waals surface area contributed by atoms with Gasteiger partial charge in [0, 0.05) is 17.3 Å². The van der Waals surface area contributed by atoms with E-state index in [1.165, 1.54) is 13.3 Å². The molecular weight excluding hydrogens is 327 g/mol. The van der Waals surface area contributed by atoms with Gasteiger partial charge in [0.05, 0.1) is 12.7 Å². The lowest BCUT2D eigenvalue weighted by molar-refractivity contribution is -0.137. The Labute approximate surface area is 146 Å². The molecular formula is C20H22F3NO. The second-order valence-electron chi connectivity index (χ2n) is 5.22. The van der Waals surface area contributed by atoms with E-state index in [1.54, 1.807) is 44.2 Å². The van der Waals surface area contributed by atoms with E-state index in [0.29, 0.717) is 28.0 Å². The first-order chi connectivity index (χ1) is 11.8. The van der Waals surface area contributed by atoms with Gasteiger partial charge in [-0.3, -0.25) is 4.99 Å². The van der Waals surface area contributed by atoms with Crippen LogP contribution in [-0.2, 0) is 6.18 Å². The third-order valence-corrected chi connectivity index (χ3v) is 3.55. The topological polar surface area (TPSA) is 21.6 Å². The zero-order chi connectivity index (χ0) is 19.0. The van der Waals surface area contributed by atoms with Gasteiger partial charge in [-0.1, -0.05) is 24.3 Å². The molecule has 0 aliphatic heterocycles. The molecule has 0 radical (unpaired) electrons. The first-order valence-corrected chi connectivity index (χ1v) is 7.68. The van der Waals surface area contributed by atoms with E-state index >= 15 is 0 Å². The first-order valence-electron chi connectivity index (χ1n) is 7.68. The number of benzene rings is 1. The number of aliphatic imine (C=N–C) groups is 1. The van der Waals surface area contributed by atoms with Gasteiger partial charge in [0.1, 0.15) is 5.75 Å². The first kappa shape index (κ1) is 20.5. The molecule has 1 aromatic rings. The van der Waals surface area contributed by atoms with Crippen molar-refractivity contribution in [2.24, 2.45) is 4.99 Å². The summed E-state index contributed by atoms with van der Waals surface area (Å²) < 4.78 is 45.6. The van der Waals surface area contributed by atoms with Crippen molar-refractivity contribution in [2.45, 2.75) is 26.9 Å². The van der Waals surface area contributed by atoms with Gasteiger partial charge in [-0.05, 0) is 56.8 Å². The molecule has 0 aliphatic rings. The number of nitrogens with zero attached hydrogens (tertiary/aromatic N) is 1. The standard InChI is InChI=1S/C20H22F3NO/c1-6-9-15(7-2)18-13-16(20(21,22)23)12-17(19(18)25-5)14(3)10-8-11-24-4/h6-13H,4H2,1-3,5H3/b9-6-,11-8-,14-10+,15-7+. The van der Waals surface area contributed by atoms with E-state index in [1.807, 2.05) is 6.92 Å². The highest BCUT2D eigenvalue weighted by atomic mass is 19.4. The number of ether oxygens (including phenoxy) is 1. The van der Waals surface area contributed by atoms with Crippen LogP contribution in [0, 0.1) is 0 Å². The van der Waals surface area contributed by atoms with E-state index in [9.17, 15) is 13.2 Å². The minimum atomic E-state index is -4.46. The van der Waals surface area contributed by atoms with E-state index in [4.69, 9.17) is 4.74 Å². The van der Waals surface area contributed by atoms with Crippen molar-refractivity contribution in [3.63, 3.8) is 0 Å². The summed E-state index contributed by atoms with van der Waals surface area (Å²) in [6.45, 7) is 8.63. The Kier molecular flexibility index (Phi) is 7.43. The molecule has 0 bridgehead atoms. The largest absolute Gasteiger partial charge is 0.495 e. The van der Waals surface area contributed by atoms with Crippen LogP contribution >= 0.6 is 0 Å². The summed E-state index contributed by atoms with van der Waals surface area (Å²) in [6, 6.07) is 2.22. The van der Waals surface area contributed by atoms with Gasteiger partial charge in [-0.25, -0.2) is 0 Å². The van der Waals surface area contributed by atoms with Crippen LogP contribution in [0.2, 0.25) is 0 Å². The molecule has 5 heteroatoms. The molecule has 0 heterocycles. The molecule has 0 spiro atoms. The predicted octanol–water partition coefficient (Wildman–Crippen LogP) is 6.31. The van der Waals surface area contributed by atoms with Crippen LogP contribution in [0.15, 0.2) is 53.7 Å². The van der Waals surface area contributed by atoms with E-state index in [2.05, 4.69) is 11.7 Å². The molecule has 1 aromatic carbocycles. The number of halogens is 3. The van der Waals surface area contributed by atoms with Crippen LogP contribution in [0.3, 0.4) is 0 Å². The Morgan fingerprint density at radius 1 is 1.20 bits per heavy atom. The summed E-state index contributed by atoms with van der Waals surface area (Å²) in [7, 11) is 1.45. The van der Waals surface area contributed by atoms with Crippen molar-refractivity contribution in [3.8, 4) is 5.75 Å². The predicted molar refractivity (Wildman–Crippen MR) is 98.8 cm³/mol. The number of hydrogen-bond acceptors (Lipinski definition) is 2. The Hall–Kier alpha value is -2.56. The summed E-state index contributed by atoms with van der Waals surface area (Å²) in [5.74, 6) is 0.396. The Bertz CT molecular complexity index is 738. The fraction of sp³-hybridized carbons (Fsp3) is 0.250. The molecule has 1 rings (SSSR count). The van der Waals surface area contributed by atoms with Crippen LogP contribution in [0.5, 0.6) is 5.75 Å². The molecule has 0 aliphatic carbocycles. The number of rotatable bonds is 6. The van der Waals surface area contributed by atoms with Crippen molar-refractivity contribution in [1.82, 2.24) is 0 Å². The van der Waals surface area contributed by atoms with Gasteiger partial charge >= 0.3 is 6.18 Å². The van der Waals surface area contributed by atoms with Crippen molar-refractivity contribution in [3.05, 3.63) is 65.4 Å². The number of allylic oxidation sites excluding steroid dienone is 7. The lowest BCUT2D eigenvalue weighted by Gasteiger charge is -2.18. The van der Waals surface area contributed by atoms with Gasteiger partial charge in [0.2, 0.25) is 0 Å². The Balaban J connectivity index is 3.78. The van der Waals surface area contributed by atoms with Crippen LogP contribution in [0.1, 0.15) is 37.5 Å². The van der Waals surface area contributed by atoms with E-state index in [-0.39, 0.29) is 0 Å². The second kappa shape index (κ2) is 9.06. The molecule has 0 atom stereocenters. The molecule has 0 amide bonds. The maximum absolute atomic E-state index is 13.4. The molecule has 0 saturated carbocycles. The highest BCUT2D eigenvalue weighted by molar-refractivity contribution is 5.83. The van der Waals surface area contributed by atoms with Gasteiger partial charge in [0.25, 0.3) is 0 Å². The lowest BCUT2D eigenvalue weighted by atomic mass is 9.94. The van der Waals surface area contributed by atoms with Gasteiger partial charge in [-0.15, -0.1) is 0 Å². The van der Waals surface area contributed by atoms with E-state index < -0.39 is 11.7 Å². The summed E-state index contributed by atoms with van der Waals surface area (Å²) in [6.07, 6.45) is 5.57. The smallest absolute Gasteiger partial charge is 0.416 e. The molecule has 0 fully saturated rings. The molecule has 2 nitrogen and oxygen atoms in total. The van der Waals surface area contributed by atoms with Crippen molar-refractivity contribution >= 4 is 17.9 Å². The fourth-order valence-corrected chi connectivity index (χ4v) is 2.38. The average molecular weight is 349 g/mol. The second-order valence-corrected chi connectivity index (χ2v) is 5.22. The summed E-state index contributed by atoms with van der Waals surface area (Å²) in [4.78, 5) is 3.58.